The Balaban J connectivity index is 3.24. The Hall–Kier alpha value is -0.120. The number of hydrogen-bond donors (Lipinski definition) is 3. The first-order valence-corrected chi connectivity index (χ1v) is 6.82. The SMILES string of the molecule is CCCCC(O)CCCCC(C)NCCN. The predicted molar refractivity (Wildman–Crippen MR) is 70.5 cm³/mol. The first-order chi connectivity index (χ1) is 7.70. The van der Waals surface area contributed by atoms with Crippen molar-refractivity contribution >= 4 is 0 Å². The second kappa shape index (κ2) is 11.4. The Bertz CT molecular complexity index is 126. The van der Waals surface area contributed by atoms with E-state index in [1.165, 1.54) is 19.3 Å². The Labute approximate surface area is 101 Å². The minimum absolute atomic E-state index is 0.0766. The average molecular weight is 230 g/mol. The highest BCUT2D eigenvalue weighted by Crippen LogP contribution is 2.10. The Morgan fingerprint density at radius 2 is 1.75 bits per heavy atom. The van der Waals surface area contributed by atoms with Crippen molar-refractivity contribution in [3.63, 3.8) is 0 Å². The summed E-state index contributed by atoms with van der Waals surface area (Å²) in [6.07, 6.45) is 7.70. The van der Waals surface area contributed by atoms with Crippen molar-refractivity contribution in [2.45, 2.75) is 70.9 Å². The van der Waals surface area contributed by atoms with Crippen LogP contribution in [-0.2, 0) is 0 Å². The lowest BCUT2D eigenvalue weighted by atomic mass is 10.0. The van der Waals surface area contributed by atoms with E-state index >= 15 is 0 Å². The van der Waals surface area contributed by atoms with Gasteiger partial charge in [0.1, 0.15) is 0 Å². The Morgan fingerprint density at radius 1 is 1.12 bits per heavy atom. The summed E-state index contributed by atoms with van der Waals surface area (Å²) in [4.78, 5) is 0. The maximum Gasteiger partial charge on any atom is 0.0540 e. The van der Waals surface area contributed by atoms with Crippen LogP contribution in [-0.4, -0.2) is 30.3 Å². The first kappa shape index (κ1) is 15.9. The van der Waals surface area contributed by atoms with E-state index in [0.717, 1.165) is 32.2 Å². The molecule has 3 nitrogen and oxygen atoms in total. The fourth-order valence-corrected chi connectivity index (χ4v) is 1.85. The molecule has 0 spiro atoms. The zero-order chi connectivity index (χ0) is 12.2. The molecule has 0 saturated heterocycles. The van der Waals surface area contributed by atoms with Gasteiger partial charge in [-0.3, -0.25) is 0 Å². The number of aliphatic hydroxyl groups excluding tert-OH is 1. The normalized spacial score (nSPS) is 15.0. The largest absolute Gasteiger partial charge is 0.393 e. The summed E-state index contributed by atoms with van der Waals surface area (Å²) in [5.74, 6) is 0. The monoisotopic (exact) mass is 230 g/mol. The molecular weight excluding hydrogens is 200 g/mol. The van der Waals surface area contributed by atoms with Crippen LogP contribution in [0, 0.1) is 0 Å². The molecule has 0 aromatic rings. The number of aliphatic hydroxyl groups is 1. The van der Waals surface area contributed by atoms with E-state index in [0.29, 0.717) is 12.6 Å². The van der Waals surface area contributed by atoms with Gasteiger partial charge in [-0.1, -0.05) is 32.6 Å². The third-order valence-electron chi connectivity index (χ3n) is 2.95. The lowest BCUT2D eigenvalue weighted by molar-refractivity contribution is 0.147. The molecule has 0 heterocycles. The van der Waals surface area contributed by atoms with Crippen LogP contribution in [0.3, 0.4) is 0 Å². The molecule has 0 saturated carbocycles. The molecule has 0 aliphatic carbocycles. The van der Waals surface area contributed by atoms with Crippen molar-refractivity contribution in [1.29, 1.82) is 0 Å². The van der Waals surface area contributed by atoms with Gasteiger partial charge in [0.15, 0.2) is 0 Å². The van der Waals surface area contributed by atoms with Crippen LogP contribution in [0.2, 0.25) is 0 Å². The number of unbranched alkanes of at least 4 members (excludes halogenated alkanes) is 2. The van der Waals surface area contributed by atoms with Gasteiger partial charge in [0.2, 0.25) is 0 Å². The number of nitrogens with two attached hydrogens (primary N) is 1. The zero-order valence-corrected chi connectivity index (χ0v) is 11.0. The summed E-state index contributed by atoms with van der Waals surface area (Å²) in [6.45, 7) is 5.97. The van der Waals surface area contributed by atoms with Gasteiger partial charge < -0.3 is 16.2 Å². The van der Waals surface area contributed by atoms with Gasteiger partial charge in [-0.15, -0.1) is 0 Å². The van der Waals surface area contributed by atoms with Crippen LogP contribution in [0.1, 0.15) is 58.8 Å². The minimum Gasteiger partial charge on any atom is -0.393 e. The zero-order valence-electron chi connectivity index (χ0n) is 11.0. The average Bonchev–Trinajstić information content (AvgIpc) is 2.29. The van der Waals surface area contributed by atoms with Crippen molar-refractivity contribution in [3.8, 4) is 0 Å². The lowest BCUT2D eigenvalue weighted by Crippen LogP contribution is -2.30. The standard InChI is InChI=1S/C13H30N2O/c1-3-4-8-13(16)9-6-5-7-12(2)15-11-10-14/h12-13,15-16H,3-11,14H2,1-2H3. The first-order valence-electron chi connectivity index (χ1n) is 6.82. The summed E-state index contributed by atoms with van der Waals surface area (Å²) in [6, 6.07) is 0.552. The summed E-state index contributed by atoms with van der Waals surface area (Å²) in [7, 11) is 0. The van der Waals surface area contributed by atoms with E-state index in [4.69, 9.17) is 5.73 Å². The van der Waals surface area contributed by atoms with E-state index < -0.39 is 0 Å². The summed E-state index contributed by atoms with van der Waals surface area (Å²) >= 11 is 0. The Kier molecular flexibility index (Phi) is 11.3. The quantitative estimate of drug-likeness (QED) is 0.476. The highest BCUT2D eigenvalue weighted by atomic mass is 16.3. The molecule has 0 aromatic carbocycles. The molecule has 16 heavy (non-hydrogen) atoms. The second-order valence-corrected chi connectivity index (χ2v) is 4.72. The van der Waals surface area contributed by atoms with Gasteiger partial charge in [0.05, 0.1) is 6.10 Å². The topological polar surface area (TPSA) is 58.3 Å². The van der Waals surface area contributed by atoms with Crippen molar-refractivity contribution in [1.82, 2.24) is 5.32 Å². The fourth-order valence-electron chi connectivity index (χ4n) is 1.85. The van der Waals surface area contributed by atoms with Gasteiger partial charge in [-0.2, -0.15) is 0 Å². The van der Waals surface area contributed by atoms with Crippen LogP contribution in [0.15, 0.2) is 0 Å². The van der Waals surface area contributed by atoms with Gasteiger partial charge in [-0.05, 0) is 26.2 Å². The smallest absolute Gasteiger partial charge is 0.0540 e. The van der Waals surface area contributed by atoms with E-state index in [-0.39, 0.29) is 6.10 Å². The molecule has 2 unspecified atom stereocenters. The van der Waals surface area contributed by atoms with E-state index in [9.17, 15) is 5.11 Å². The van der Waals surface area contributed by atoms with E-state index in [1.807, 2.05) is 0 Å². The van der Waals surface area contributed by atoms with Crippen LogP contribution in [0.4, 0.5) is 0 Å². The second-order valence-electron chi connectivity index (χ2n) is 4.72. The Morgan fingerprint density at radius 3 is 2.38 bits per heavy atom. The van der Waals surface area contributed by atoms with Gasteiger partial charge in [-0.25, -0.2) is 0 Å². The number of hydrogen-bond acceptors (Lipinski definition) is 3. The highest BCUT2D eigenvalue weighted by molar-refractivity contribution is 4.62. The molecule has 4 N–H and O–H groups in total. The van der Waals surface area contributed by atoms with Crippen molar-refractivity contribution in [3.05, 3.63) is 0 Å². The molecule has 0 radical (unpaired) electrons. The van der Waals surface area contributed by atoms with Crippen molar-refractivity contribution in [2.75, 3.05) is 13.1 Å². The maximum atomic E-state index is 9.65. The fraction of sp³-hybridized carbons (Fsp3) is 1.00. The maximum absolute atomic E-state index is 9.65. The van der Waals surface area contributed by atoms with Crippen molar-refractivity contribution in [2.24, 2.45) is 5.73 Å². The van der Waals surface area contributed by atoms with E-state index in [1.54, 1.807) is 0 Å². The van der Waals surface area contributed by atoms with Crippen molar-refractivity contribution < 1.29 is 5.11 Å². The lowest BCUT2D eigenvalue weighted by Gasteiger charge is -2.14. The molecule has 0 aromatic heterocycles. The molecule has 3 heteroatoms. The van der Waals surface area contributed by atoms with Crippen LogP contribution >= 0.6 is 0 Å². The van der Waals surface area contributed by atoms with Crippen LogP contribution < -0.4 is 11.1 Å². The summed E-state index contributed by atoms with van der Waals surface area (Å²) in [5.41, 5.74) is 5.42. The predicted octanol–water partition coefficient (Wildman–Crippen LogP) is 2.03. The van der Waals surface area contributed by atoms with Gasteiger partial charge in [0, 0.05) is 19.1 Å². The molecule has 0 rings (SSSR count). The van der Waals surface area contributed by atoms with Gasteiger partial charge >= 0.3 is 0 Å². The third-order valence-corrected chi connectivity index (χ3v) is 2.95. The molecule has 0 aliphatic rings. The molecule has 0 bridgehead atoms. The molecule has 0 amide bonds. The van der Waals surface area contributed by atoms with E-state index in [2.05, 4.69) is 19.2 Å². The molecule has 0 aliphatic heterocycles. The minimum atomic E-state index is -0.0766. The van der Waals surface area contributed by atoms with Crippen LogP contribution in [0.5, 0.6) is 0 Å². The highest BCUT2D eigenvalue weighted by Gasteiger charge is 2.04. The summed E-state index contributed by atoms with van der Waals surface area (Å²) < 4.78 is 0. The number of nitrogens with one attached hydrogen (secondary N) is 1. The summed E-state index contributed by atoms with van der Waals surface area (Å²) in [5, 5.41) is 13.0. The molecule has 2 atom stereocenters. The van der Waals surface area contributed by atoms with Gasteiger partial charge in [0.25, 0.3) is 0 Å². The third kappa shape index (κ3) is 10.4. The molecule has 98 valence electrons. The van der Waals surface area contributed by atoms with Crippen LogP contribution in [0.25, 0.3) is 0 Å². The molecular formula is C13H30N2O. The molecule has 0 fully saturated rings. The number of rotatable bonds is 11.